The van der Waals surface area contributed by atoms with Gasteiger partial charge >= 0.3 is 0 Å². The van der Waals surface area contributed by atoms with Crippen LogP contribution in [0.2, 0.25) is 0 Å². The summed E-state index contributed by atoms with van der Waals surface area (Å²) in [4.78, 5) is 20.9. The summed E-state index contributed by atoms with van der Waals surface area (Å²) in [6, 6.07) is 37.2. The minimum Gasteiger partial charge on any atom is -0.297 e. The fourth-order valence-corrected chi connectivity index (χ4v) is 13.3. The lowest BCUT2D eigenvalue weighted by Crippen LogP contribution is -2.60. The van der Waals surface area contributed by atoms with Gasteiger partial charge in [-0.05, 0) is 166 Å². The third-order valence-corrected chi connectivity index (χ3v) is 15.2. The topological polar surface area (TPSA) is 71.3 Å². The van der Waals surface area contributed by atoms with E-state index in [-0.39, 0.29) is 13.4 Å². The number of nitrogens with zero attached hydrogens (tertiary/aromatic N) is 8. The van der Waals surface area contributed by atoms with Gasteiger partial charge in [0.25, 0.3) is 13.4 Å². The molecule has 0 atom stereocenters. The van der Waals surface area contributed by atoms with Crippen LogP contribution >= 0.6 is 0 Å². The highest BCUT2D eigenvalue weighted by molar-refractivity contribution is 7.03. The molecule has 0 unspecified atom stereocenters. The number of imidazole rings is 4. The number of aromatic nitrogens is 8. The second kappa shape index (κ2) is 9.06. The zero-order chi connectivity index (χ0) is 38.9. The Balaban J connectivity index is 1.11. The van der Waals surface area contributed by atoms with Gasteiger partial charge in [0, 0.05) is 22.7 Å². The van der Waals surface area contributed by atoms with Crippen molar-refractivity contribution in [3.05, 3.63) is 120 Å². The van der Waals surface area contributed by atoms with Crippen LogP contribution in [-0.2, 0) is 0 Å². The van der Waals surface area contributed by atoms with Gasteiger partial charge in [-0.3, -0.25) is 18.3 Å². The first-order valence-corrected chi connectivity index (χ1v) is 21.0. The predicted molar refractivity (Wildman–Crippen MR) is 242 cm³/mol. The van der Waals surface area contributed by atoms with Crippen molar-refractivity contribution in [1.82, 2.24) is 38.2 Å². The normalized spacial score (nSPS) is 14.3. The predicted octanol–water partition coefficient (Wildman–Crippen LogP) is 5.86. The molecule has 10 heteroatoms. The maximum absolute atomic E-state index is 5.22. The molecule has 0 radical (unpaired) electrons. The Labute approximate surface area is 342 Å². The van der Waals surface area contributed by atoms with Crippen LogP contribution in [0.4, 0.5) is 0 Å². The van der Waals surface area contributed by atoms with Gasteiger partial charge in [0.2, 0.25) is 0 Å². The minimum absolute atomic E-state index is 0.0250. The van der Waals surface area contributed by atoms with E-state index in [4.69, 9.17) is 19.9 Å². The lowest BCUT2D eigenvalue weighted by Gasteiger charge is -2.34. The van der Waals surface area contributed by atoms with Crippen molar-refractivity contribution >= 4 is 90.3 Å². The highest BCUT2D eigenvalue weighted by atomic mass is 15.1. The number of hydrogen-bond donors (Lipinski definition) is 0. The van der Waals surface area contributed by atoms with Crippen LogP contribution in [0.25, 0.3) is 111 Å². The third kappa shape index (κ3) is 2.85. The number of benzene rings is 7. The van der Waals surface area contributed by atoms with Crippen molar-refractivity contribution < 1.29 is 0 Å². The summed E-state index contributed by atoms with van der Waals surface area (Å²) in [5.74, 6) is 4.04. The second-order valence-electron chi connectivity index (χ2n) is 17.8. The van der Waals surface area contributed by atoms with Crippen molar-refractivity contribution in [3.8, 4) is 67.3 Å². The fourth-order valence-electron chi connectivity index (χ4n) is 13.3. The first kappa shape index (κ1) is 29.7. The molecule has 274 valence electrons. The quantitative estimate of drug-likeness (QED) is 0.182. The summed E-state index contributed by atoms with van der Waals surface area (Å²) >= 11 is 0. The van der Waals surface area contributed by atoms with E-state index in [0.717, 1.165) is 45.4 Å². The van der Waals surface area contributed by atoms with Crippen LogP contribution in [0.15, 0.2) is 97.1 Å². The molecule has 0 saturated heterocycles. The number of fused-ring (bicyclic) bond motifs is 10. The maximum Gasteiger partial charge on any atom is 0.253 e. The van der Waals surface area contributed by atoms with Gasteiger partial charge in [0.1, 0.15) is 23.3 Å². The Bertz CT molecular complexity index is 3570. The maximum atomic E-state index is 5.22. The standard InChI is InChI=1S/C50H28B2N8/c1-21-53-33-15-11-25-29-19-31-27-13-17-35-49-43(27)52-44-28(14-18-36-50(44)60(24(4)56-36)40-10-6-9-39(46(40)52)59(49)23(3)55-35)32(31)20-30(29)26-12-16-34-48-42(26)51-41(25)47(33)57(21)37-7-5-8-38(45(37)51)58(48)22(2)54-34/h5-20H,1-4H3. The summed E-state index contributed by atoms with van der Waals surface area (Å²) in [6.45, 7) is 8.67. The molecular formula is C50H28B2N8. The second-order valence-corrected chi connectivity index (χ2v) is 17.8. The summed E-state index contributed by atoms with van der Waals surface area (Å²) in [5.41, 5.74) is 32.1. The van der Waals surface area contributed by atoms with Crippen molar-refractivity contribution in [2.75, 3.05) is 0 Å². The van der Waals surface area contributed by atoms with Gasteiger partial charge in [-0.2, -0.15) is 0 Å². The third-order valence-electron chi connectivity index (χ3n) is 15.2. The Morgan fingerprint density at radius 2 is 0.583 bits per heavy atom. The summed E-state index contributed by atoms with van der Waals surface area (Å²) in [5, 5.41) is 0. The van der Waals surface area contributed by atoms with Gasteiger partial charge in [0.05, 0.1) is 44.1 Å². The van der Waals surface area contributed by atoms with Gasteiger partial charge in [-0.1, -0.05) is 36.4 Å². The molecule has 0 aliphatic carbocycles. The Hall–Kier alpha value is -7.45. The first-order chi connectivity index (χ1) is 29.4. The molecule has 6 aliphatic rings. The van der Waals surface area contributed by atoms with E-state index >= 15 is 0 Å². The van der Waals surface area contributed by atoms with E-state index in [1.54, 1.807) is 0 Å². The number of hydrogen-bond acceptors (Lipinski definition) is 4. The molecule has 10 heterocycles. The van der Waals surface area contributed by atoms with Crippen molar-refractivity contribution in [2.24, 2.45) is 0 Å². The van der Waals surface area contributed by atoms with Gasteiger partial charge in [-0.25, -0.2) is 19.9 Å². The smallest absolute Gasteiger partial charge is 0.253 e. The SMILES string of the molecule is Cc1nc2ccc3c4c2n1-c1cccc2c1B4c1c(ccc4nc(C)n-2c14)-c1cc2c(cc1-3)-c1ccc3nc(C)n4c3c1B1c3c-4cccc3-n3c(C)nc4ccc-2c1c43. The molecule has 8 nitrogen and oxygen atoms in total. The highest BCUT2D eigenvalue weighted by Gasteiger charge is 2.48. The lowest BCUT2D eigenvalue weighted by atomic mass is 9.33. The van der Waals surface area contributed by atoms with Crippen LogP contribution in [0.5, 0.6) is 0 Å². The minimum atomic E-state index is 0.0250. The average Bonchev–Trinajstić information content (AvgIpc) is 3.96. The molecule has 0 fully saturated rings. The van der Waals surface area contributed by atoms with Crippen LogP contribution in [0.1, 0.15) is 23.3 Å². The van der Waals surface area contributed by atoms with E-state index in [1.165, 1.54) is 122 Å². The monoisotopic (exact) mass is 762 g/mol. The first-order valence-electron chi connectivity index (χ1n) is 21.0. The lowest BCUT2D eigenvalue weighted by molar-refractivity contribution is 0.981. The van der Waals surface area contributed by atoms with E-state index in [2.05, 4.69) is 143 Å². The molecule has 60 heavy (non-hydrogen) atoms. The van der Waals surface area contributed by atoms with E-state index in [1.807, 2.05) is 0 Å². The van der Waals surface area contributed by atoms with E-state index in [9.17, 15) is 0 Å². The molecule has 0 saturated carbocycles. The molecule has 0 amide bonds. The molecule has 6 aliphatic heterocycles. The zero-order valence-corrected chi connectivity index (χ0v) is 33.0. The van der Waals surface area contributed by atoms with Crippen LogP contribution in [0.3, 0.4) is 0 Å². The van der Waals surface area contributed by atoms with Crippen molar-refractivity contribution in [2.45, 2.75) is 27.7 Å². The van der Waals surface area contributed by atoms with E-state index < -0.39 is 0 Å². The van der Waals surface area contributed by atoms with Crippen LogP contribution in [0, 0.1) is 27.7 Å². The summed E-state index contributed by atoms with van der Waals surface area (Å²) < 4.78 is 9.72. The van der Waals surface area contributed by atoms with E-state index in [0.29, 0.717) is 0 Å². The fraction of sp³-hybridized carbons (Fsp3) is 0.0800. The Kier molecular flexibility index (Phi) is 4.49. The molecule has 4 aromatic heterocycles. The van der Waals surface area contributed by atoms with Gasteiger partial charge in [-0.15, -0.1) is 0 Å². The van der Waals surface area contributed by atoms with Crippen LogP contribution < -0.4 is 32.8 Å². The number of rotatable bonds is 0. The molecule has 0 bridgehead atoms. The summed E-state index contributed by atoms with van der Waals surface area (Å²) in [7, 11) is 0. The zero-order valence-electron chi connectivity index (χ0n) is 33.0. The highest BCUT2D eigenvalue weighted by Crippen LogP contribution is 2.48. The summed E-state index contributed by atoms with van der Waals surface area (Å²) in [6.07, 6.45) is 0. The van der Waals surface area contributed by atoms with Crippen molar-refractivity contribution in [1.29, 1.82) is 0 Å². The largest absolute Gasteiger partial charge is 0.297 e. The van der Waals surface area contributed by atoms with Crippen molar-refractivity contribution in [3.63, 3.8) is 0 Å². The Morgan fingerprint density at radius 3 is 0.850 bits per heavy atom. The number of aryl methyl sites for hydroxylation is 4. The Morgan fingerprint density at radius 1 is 0.317 bits per heavy atom. The molecule has 7 aromatic carbocycles. The molecule has 0 N–H and O–H groups in total. The molecule has 11 aromatic rings. The van der Waals surface area contributed by atoms with Gasteiger partial charge < -0.3 is 0 Å². The van der Waals surface area contributed by atoms with Crippen LogP contribution in [-0.4, -0.2) is 51.6 Å². The molecule has 17 rings (SSSR count). The molecule has 0 spiro atoms. The molecular weight excluding hydrogens is 734 g/mol. The average molecular weight is 762 g/mol. The van der Waals surface area contributed by atoms with Gasteiger partial charge in [0.15, 0.2) is 0 Å².